The molecular formula is C17H16N6O6S3. The Morgan fingerprint density at radius 1 is 1.38 bits per heavy atom. The normalized spacial score (nSPS) is 21.0. The van der Waals surface area contributed by atoms with Crippen molar-refractivity contribution in [1.82, 2.24) is 30.8 Å². The molecule has 0 aromatic carbocycles. The molecule has 12 nitrogen and oxygen atoms in total. The van der Waals surface area contributed by atoms with Gasteiger partial charge >= 0.3 is 11.9 Å². The minimum Gasteiger partial charge on any atom is -0.481 e. The molecule has 2 amide bonds. The number of fused-ring (bicyclic) bond motifs is 1. The first-order valence-corrected chi connectivity index (χ1v) is 12.0. The number of thiophene rings is 1. The van der Waals surface area contributed by atoms with Gasteiger partial charge in [-0.1, -0.05) is 17.8 Å². The summed E-state index contributed by atoms with van der Waals surface area (Å²) in [6.45, 7) is 0. The molecule has 2 aromatic heterocycles. The first-order valence-electron chi connectivity index (χ1n) is 9.19. The third-order valence-corrected chi connectivity index (χ3v) is 8.05. The average molecular weight is 497 g/mol. The van der Waals surface area contributed by atoms with E-state index in [1.54, 1.807) is 0 Å². The number of nitrogens with zero attached hydrogens (tertiary/aromatic N) is 4. The molecule has 0 saturated carbocycles. The Kier molecular flexibility index (Phi) is 6.48. The van der Waals surface area contributed by atoms with Crippen LogP contribution >= 0.6 is 34.9 Å². The Morgan fingerprint density at radius 3 is 2.81 bits per heavy atom. The number of carboxylic acid groups (broad SMARTS) is 2. The second-order valence-corrected chi connectivity index (χ2v) is 10.1. The van der Waals surface area contributed by atoms with Crippen LogP contribution in [0.15, 0.2) is 33.9 Å². The smallest absolute Gasteiger partial charge is 0.352 e. The predicted octanol–water partition coefficient (Wildman–Crippen LogP) is 0.178. The van der Waals surface area contributed by atoms with E-state index in [0.29, 0.717) is 0 Å². The van der Waals surface area contributed by atoms with Crippen LogP contribution in [-0.2, 0) is 25.6 Å². The van der Waals surface area contributed by atoms with Gasteiger partial charge in [0.15, 0.2) is 0 Å². The highest BCUT2D eigenvalue weighted by molar-refractivity contribution is 8.01. The number of β-lactam (4-membered cyclic amide) rings is 1. The lowest BCUT2D eigenvalue weighted by Crippen LogP contribution is -2.70. The molecule has 4 heterocycles. The van der Waals surface area contributed by atoms with Crippen LogP contribution in [0.4, 0.5) is 0 Å². The van der Waals surface area contributed by atoms with Crippen molar-refractivity contribution in [3.63, 3.8) is 0 Å². The molecule has 1 saturated heterocycles. The number of thioether (sulfide) groups is 2. The predicted molar refractivity (Wildman–Crippen MR) is 114 cm³/mol. The molecule has 0 spiro atoms. The summed E-state index contributed by atoms with van der Waals surface area (Å²) in [5, 5.41) is 35.7. The molecule has 0 bridgehead atoms. The Bertz CT molecular complexity index is 1070. The van der Waals surface area contributed by atoms with Crippen LogP contribution in [0, 0.1) is 0 Å². The number of tetrazole rings is 1. The van der Waals surface area contributed by atoms with Crippen molar-refractivity contribution in [2.24, 2.45) is 0 Å². The van der Waals surface area contributed by atoms with Gasteiger partial charge in [-0.3, -0.25) is 19.3 Å². The number of hydrogen-bond donors (Lipinski definition) is 4. The van der Waals surface area contributed by atoms with Gasteiger partial charge in [-0.25, -0.2) is 4.79 Å². The highest BCUT2D eigenvalue weighted by Gasteiger charge is 2.54. The monoisotopic (exact) mass is 496 g/mol. The second-order valence-electron chi connectivity index (χ2n) is 6.79. The zero-order chi connectivity index (χ0) is 22.8. The summed E-state index contributed by atoms with van der Waals surface area (Å²) in [5.74, 6) is -3.17. The van der Waals surface area contributed by atoms with Gasteiger partial charge in [0.1, 0.15) is 17.1 Å². The molecule has 15 heteroatoms. The Hall–Kier alpha value is -2.91. The van der Waals surface area contributed by atoms with Crippen molar-refractivity contribution in [3.05, 3.63) is 33.7 Å². The number of nitrogens with one attached hydrogen (secondary N) is 2. The van der Waals surface area contributed by atoms with E-state index >= 15 is 0 Å². The van der Waals surface area contributed by atoms with Crippen LogP contribution < -0.4 is 5.32 Å². The van der Waals surface area contributed by atoms with Crippen LogP contribution in [0.2, 0.25) is 0 Å². The summed E-state index contributed by atoms with van der Waals surface area (Å²) < 4.78 is 0. The fourth-order valence-electron chi connectivity index (χ4n) is 3.41. The van der Waals surface area contributed by atoms with E-state index in [2.05, 4.69) is 25.9 Å². The highest BCUT2D eigenvalue weighted by Crippen LogP contribution is 2.44. The van der Waals surface area contributed by atoms with Gasteiger partial charge in [0, 0.05) is 15.9 Å². The van der Waals surface area contributed by atoms with Crippen LogP contribution in [0.3, 0.4) is 0 Å². The Morgan fingerprint density at radius 2 is 2.19 bits per heavy atom. The summed E-state index contributed by atoms with van der Waals surface area (Å²) in [5.41, 5.74) is 0.0254. The van der Waals surface area contributed by atoms with Gasteiger partial charge in [0.2, 0.25) is 11.1 Å². The number of carbonyl (C=O) groups excluding carboxylic acids is 2. The van der Waals surface area contributed by atoms with Crippen LogP contribution in [0.1, 0.15) is 11.3 Å². The number of rotatable bonds is 9. The number of carboxylic acids is 2. The van der Waals surface area contributed by atoms with Gasteiger partial charge in [-0.05, 0) is 22.2 Å². The van der Waals surface area contributed by atoms with E-state index < -0.39 is 34.5 Å². The molecule has 4 N–H and O–H groups in total. The number of carbonyl (C=O) groups is 4. The molecule has 2 unspecified atom stereocenters. The fourth-order valence-corrected chi connectivity index (χ4v) is 6.64. The minimum atomic E-state index is -1.34. The third kappa shape index (κ3) is 4.49. The lowest BCUT2D eigenvalue weighted by molar-refractivity contribution is -0.150. The second kappa shape index (κ2) is 9.30. The van der Waals surface area contributed by atoms with E-state index in [1.807, 2.05) is 17.5 Å². The van der Waals surface area contributed by atoms with Crippen molar-refractivity contribution in [2.45, 2.75) is 34.7 Å². The first-order chi connectivity index (χ1) is 15.3. The molecule has 32 heavy (non-hydrogen) atoms. The molecule has 2 aliphatic heterocycles. The van der Waals surface area contributed by atoms with E-state index in [-0.39, 0.29) is 40.9 Å². The number of aliphatic carboxylic acids is 2. The number of amides is 2. The summed E-state index contributed by atoms with van der Waals surface area (Å²) >= 11 is 3.66. The summed E-state index contributed by atoms with van der Waals surface area (Å²) in [7, 11) is 0. The molecule has 168 valence electrons. The zero-order valence-electron chi connectivity index (χ0n) is 16.1. The Labute approximate surface area is 192 Å². The number of H-pyrrole nitrogens is 1. The topological polar surface area (TPSA) is 178 Å². The van der Waals surface area contributed by atoms with Gasteiger partial charge < -0.3 is 15.5 Å². The van der Waals surface area contributed by atoms with Crippen molar-refractivity contribution in [3.8, 4) is 0 Å². The molecule has 0 radical (unpaired) electrons. The van der Waals surface area contributed by atoms with E-state index in [9.17, 15) is 29.4 Å². The third-order valence-electron chi connectivity index (χ3n) is 4.75. The van der Waals surface area contributed by atoms with Crippen molar-refractivity contribution < 1.29 is 29.4 Å². The molecule has 2 aromatic rings. The van der Waals surface area contributed by atoms with E-state index in [1.165, 1.54) is 23.1 Å². The van der Waals surface area contributed by atoms with Gasteiger partial charge in [0.25, 0.3) is 5.91 Å². The molecule has 2 aliphatic rings. The maximum absolute atomic E-state index is 12.8. The lowest BCUT2D eigenvalue weighted by atomic mass is 10.00. The molecule has 1 fully saturated rings. The highest BCUT2D eigenvalue weighted by atomic mass is 32.2. The standard InChI is InChI=1S/C17H16N6O6S3/c24-10(4-7-2-1-3-30-7)18-12-14(27)23-13(16(28)29)8(6-31-15(12)23)9(5-11(25)26)32-17-19-21-22-20-17/h1-3,9,12,15H,4-6H2,(H,18,24)(H,25,26)(H,28,29)(H,19,20,21,22)/t9?,12?,15-/m0/s1. The van der Waals surface area contributed by atoms with Crippen molar-refractivity contribution in [1.29, 1.82) is 0 Å². The van der Waals surface area contributed by atoms with Crippen molar-refractivity contribution >= 4 is 58.6 Å². The van der Waals surface area contributed by atoms with Crippen LogP contribution in [0.5, 0.6) is 0 Å². The first kappa shape index (κ1) is 22.3. The molecular weight excluding hydrogens is 480 g/mol. The number of aromatic amines is 1. The maximum Gasteiger partial charge on any atom is 0.352 e. The van der Waals surface area contributed by atoms with Crippen LogP contribution in [0.25, 0.3) is 0 Å². The SMILES string of the molecule is O=C(O)CC(Sc1nn[nH]n1)C1=C(C(=O)O)N2C(=O)C(NC(=O)Cc3cccs3)[C@@H]2SC1. The Balaban J connectivity index is 1.54. The van der Waals surface area contributed by atoms with Gasteiger partial charge in [-0.2, -0.15) is 5.21 Å². The van der Waals surface area contributed by atoms with Crippen molar-refractivity contribution in [2.75, 3.05) is 5.75 Å². The zero-order valence-corrected chi connectivity index (χ0v) is 18.6. The van der Waals surface area contributed by atoms with Gasteiger partial charge in [0.05, 0.1) is 12.8 Å². The number of hydrogen-bond acceptors (Lipinski definition) is 10. The molecule has 0 aliphatic carbocycles. The van der Waals surface area contributed by atoms with Gasteiger partial charge in [-0.15, -0.1) is 33.3 Å². The minimum absolute atomic E-state index is 0.133. The fraction of sp³-hybridized carbons (Fsp3) is 0.353. The lowest BCUT2D eigenvalue weighted by Gasteiger charge is -2.50. The molecule has 4 rings (SSSR count). The summed E-state index contributed by atoms with van der Waals surface area (Å²) in [4.78, 5) is 50.6. The quantitative estimate of drug-likeness (QED) is 0.275. The summed E-state index contributed by atoms with van der Waals surface area (Å²) in [6.07, 6.45) is -0.257. The number of aromatic nitrogens is 4. The van der Waals surface area contributed by atoms with E-state index in [0.717, 1.165) is 21.5 Å². The largest absolute Gasteiger partial charge is 0.481 e. The summed E-state index contributed by atoms with van der Waals surface area (Å²) in [6, 6.07) is 2.80. The van der Waals surface area contributed by atoms with Crippen LogP contribution in [-0.4, -0.2) is 81.9 Å². The molecule has 3 atom stereocenters. The van der Waals surface area contributed by atoms with E-state index in [4.69, 9.17) is 0 Å². The average Bonchev–Trinajstić information content (AvgIpc) is 3.44. The maximum atomic E-state index is 12.8.